The Bertz CT molecular complexity index is 1120. The quantitative estimate of drug-likeness (QED) is 0.304. The minimum absolute atomic E-state index is 0.0241. The van der Waals surface area contributed by atoms with Gasteiger partial charge in [-0.2, -0.15) is 0 Å². The van der Waals surface area contributed by atoms with Crippen molar-refractivity contribution in [2.24, 2.45) is 5.92 Å². The van der Waals surface area contributed by atoms with Crippen molar-refractivity contribution in [3.63, 3.8) is 0 Å². The summed E-state index contributed by atoms with van der Waals surface area (Å²) in [5, 5.41) is 0. The normalized spacial score (nSPS) is 17.9. The molecule has 186 valence electrons. The second-order valence-electron chi connectivity index (χ2n) is 9.33. The lowest BCUT2D eigenvalue weighted by Crippen LogP contribution is -2.20. The monoisotopic (exact) mass is 482 g/mol. The number of rotatable bonds is 9. The average Bonchev–Trinajstić information content (AvgIpc) is 2.87. The lowest BCUT2D eigenvalue weighted by atomic mass is 9.78. The summed E-state index contributed by atoms with van der Waals surface area (Å²) in [6.45, 7) is 4.84. The molecule has 0 heterocycles. The summed E-state index contributed by atoms with van der Waals surface area (Å²) in [5.74, 6) is -1.04. The van der Waals surface area contributed by atoms with Gasteiger partial charge in [-0.3, -0.25) is 0 Å². The Morgan fingerprint density at radius 2 is 1.54 bits per heavy atom. The summed E-state index contributed by atoms with van der Waals surface area (Å²) in [5.41, 5.74) is 2.63. The highest BCUT2D eigenvalue weighted by Gasteiger charge is 2.27. The Morgan fingerprint density at radius 3 is 2.20 bits per heavy atom. The molecule has 0 aromatic heterocycles. The molecule has 5 heteroatoms. The van der Waals surface area contributed by atoms with Crippen LogP contribution < -0.4 is 9.47 Å². The van der Waals surface area contributed by atoms with Crippen LogP contribution in [0.3, 0.4) is 0 Å². The zero-order chi connectivity index (χ0) is 24.8. The van der Waals surface area contributed by atoms with E-state index in [9.17, 15) is 4.39 Å². The van der Waals surface area contributed by atoms with E-state index < -0.39 is 17.5 Å². The Balaban J connectivity index is 1.35. The van der Waals surface area contributed by atoms with Gasteiger partial charge in [-0.15, -0.1) is 0 Å². The number of halogens is 3. The molecule has 0 unspecified atom stereocenters. The Kier molecular flexibility index (Phi) is 8.37. The molecular weight excluding hydrogens is 449 g/mol. The van der Waals surface area contributed by atoms with Crippen LogP contribution in [0.2, 0.25) is 0 Å². The van der Waals surface area contributed by atoms with E-state index in [2.05, 4.69) is 6.92 Å². The van der Waals surface area contributed by atoms with Crippen LogP contribution in [-0.2, 0) is 6.42 Å². The van der Waals surface area contributed by atoms with Crippen molar-refractivity contribution in [2.45, 2.75) is 58.3 Å². The van der Waals surface area contributed by atoms with Gasteiger partial charge in [0.15, 0.2) is 23.2 Å². The third kappa shape index (κ3) is 6.01. The van der Waals surface area contributed by atoms with Crippen LogP contribution in [0.25, 0.3) is 11.1 Å². The number of aryl methyl sites for hydroxylation is 1. The Labute approximate surface area is 206 Å². The van der Waals surface area contributed by atoms with Gasteiger partial charge in [0, 0.05) is 11.6 Å². The third-order valence-corrected chi connectivity index (χ3v) is 6.89. The first-order valence-electron chi connectivity index (χ1n) is 12.6. The molecule has 1 saturated carbocycles. The minimum atomic E-state index is -0.776. The van der Waals surface area contributed by atoms with Gasteiger partial charge in [0.05, 0.1) is 13.2 Å². The summed E-state index contributed by atoms with van der Waals surface area (Å²) in [4.78, 5) is 0. The molecule has 4 rings (SSSR count). The zero-order valence-electron chi connectivity index (χ0n) is 20.5. The molecular formula is C30H33F3O2. The van der Waals surface area contributed by atoms with E-state index in [0.29, 0.717) is 35.7 Å². The van der Waals surface area contributed by atoms with Crippen molar-refractivity contribution >= 4 is 0 Å². The fourth-order valence-corrected chi connectivity index (χ4v) is 4.95. The van der Waals surface area contributed by atoms with Crippen LogP contribution in [0.4, 0.5) is 13.2 Å². The summed E-state index contributed by atoms with van der Waals surface area (Å²) in [6.07, 6.45) is 5.17. The largest absolute Gasteiger partial charge is 0.494 e. The lowest BCUT2D eigenvalue weighted by molar-refractivity contribution is 0.193. The standard InChI is InChI=1S/C30H33F3O2/c1-3-5-20-6-10-22(11-7-20)25-15-16-26(30(33)29(25)32)23-12-8-21(9-13-23)19-35-28-17-14-24(34-4-2)18-27(28)31/h6-7,10-11,14-18,21,23H,3-5,8-9,12-13,19H2,1-2H3. The van der Waals surface area contributed by atoms with Crippen LogP contribution in [0.15, 0.2) is 54.6 Å². The zero-order valence-corrected chi connectivity index (χ0v) is 20.5. The van der Waals surface area contributed by atoms with Crippen LogP contribution in [0, 0.1) is 23.4 Å². The molecule has 35 heavy (non-hydrogen) atoms. The first kappa shape index (κ1) is 25.2. The van der Waals surface area contributed by atoms with Gasteiger partial charge in [0.25, 0.3) is 0 Å². The summed E-state index contributed by atoms with van der Waals surface area (Å²) >= 11 is 0. The average molecular weight is 483 g/mol. The molecule has 0 aliphatic heterocycles. The van der Waals surface area contributed by atoms with E-state index in [1.807, 2.05) is 31.2 Å². The molecule has 0 N–H and O–H groups in total. The summed E-state index contributed by atoms with van der Waals surface area (Å²) in [6, 6.07) is 15.7. The molecule has 0 spiro atoms. The van der Waals surface area contributed by atoms with Gasteiger partial charge in [0.1, 0.15) is 5.75 Å². The van der Waals surface area contributed by atoms with Crippen molar-refractivity contribution in [3.8, 4) is 22.6 Å². The molecule has 0 bridgehead atoms. The maximum Gasteiger partial charge on any atom is 0.168 e. The van der Waals surface area contributed by atoms with Crippen molar-refractivity contribution in [1.29, 1.82) is 0 Å². The van der Waals surface area contributed by atoms with Crippen LogP contribution >= 0.6 is 0 Å². The molecule has 1 aliphatic rings. The second kappa shape index (κ2) is 11.7. The molecule has 3 aromatic rings. The predicted molar refractivity (Wildman–Crippen MR) is 134 cm³/mol. The maximum absolute atomic E-state index is 15.1. The van der Waals surface area contributed by atoms with E-state index in [1.54, 1.807) is 24.3 Å². The predicted octanol–water partition coefficient (Wildman–Crippen LogP) is 8.47. The van der Waals surface area contributed by atoms with E-state index in [-0.39, 0.29) is 17.6 Å². The van der Waals surface area contributed by atoms with Gasteiger partial charge in [-0.1, -0.05) is 49.7 Å². The SMILES string of the molecule is CCCc1ccc(-c2ccc(C3CCC(COc4ccc(OCC)cc4F)CC3)c(F)c2F)cc1. The first-order chi connectivity index (χ1) is 17.0. The summed E-state index contributed by atoms with van der Waals surface area (Å²) in [7, 11) is 0. The number of hydrogen-bond donors (Lipinski definition) is 0. The first-order valence-corrected chi connectivity index (χ1v) is 12.6. The van der Waals surface area contributed by atoms with Crippen LogP contribution in [0.5, 0.6) is 11.5 Å². The van der Waals surface area contributed by atoms with Gasteiger partial charge in [-0.05, 0) is 79.7 Å². The molecule has 0 radical (unpaired) electrons. The molecule has 0 atom stereocenters. The summed E-state index contributed by atoms with van der Waals surface area (Å²) < 4.78 is 55.3. The van der Waals surface area contributed by atoms with Crippen molar-refractivity contribution < 1.29 is 22.6 Å². The highest BCUT2D eigenvalue weighted by Crippen LogP contribution is 2.39. The van der Waals surface area contributed by atoms with Crippen LogP contribution in [0.1, 0.15) is 63.0 Å². The minimum Gasteiger partial charge on any atom is -0.494 e. The van der Waals surface area contributed by atoms with E-state index in [1.165, 1.54) is 11.6 Å². The van der Waals surface area contributed by atoms with Gasteiger partial charge in [-0.25, -0.2) is 13.2 Å². The van der Waals surface area contributed by atoms with E-state index in [4.69, 9.17) is 9.47 Å². The van der Waals surface area contributed by atoms with E-state index in [0.717, 1.165) is 38.5 Å². The van der Waals surface area contributed by atoms with Crippen molar-refractivity contribution in [2.75, 3.05) is 13.2 Å². The van der Waals surface area contributed by atoms with Crippen molar-refractivity contribution in [3.05, 3.63) is 83.2 Å². The number of ether oxygens (including phenoxy) is 2. The van der Waals surface area contributed by atoms with E-state index >= 15 is 8.78 Å². The van der Waals surface area contributed by atoms with Gasteiger partial charge in [0.2, 0.25) is 0 Å². The molecule has 0 saturated heterocycles. The highest BCUT2D eigenvalue weighted by atomic mass is 19.2. The maximum atomic E-state index is 15.1. The smallest absolute Gasteiger partial charge is 0.168 e. The molecule has 0 amide bonds. The third-order valence-electron chi connectivity index (χ3n) is 6.89. The van der Waals surface area contributed by atoms with Gasteiger partial charge < -0.3 is 9.47 Å². The molecule has 2 nitrogen and oxygen atoms in total. The van der Waals surface area contributed by atoms with Crippen LogP contribution in [-0.4, -0.2) is 13.2 Å². The van der Waals surface area contributed by atoms with Crippen molar-refractivity contribution in [1.82, 2.24) is 0 Å². The number of benzene rings is 3. The fraction of sp³-hybridized carbons (Fsp3) is 0.400. The Hall–Kier alpha value is -2.95. The Morgan fingerprint density at radius 1 is 0.800 bits per heavy atom. The topological polar surface area (TPSA) is 18.5 Å². The van der Waals surface area contributed by atoms with Gasteiger partial charge >= 0.3 is 0 Å². The highest BCUT2D eigenvalue weighted by molar-refractivity contribution is 5.65. The fourth-order valence-electron chi connectivity index (χ4n) is 4.95. The molecule has 3 aromatic carbocycles. The lowest BCUT2D eigenvalue weighted by Gasteiger charge is -2.29. The number of hydrogen-bond acceptors (Lipinski definition) is 2. The molecule has 1 fully saturated rings. The second-order valence-corrected chi connectivity index (χ2v) is 9.33. The molecule has 1 aliphatic carbocycles.